The minimum atomic E-state index is 0.351. The number of hydrogen-bond acceptors (Lipinski definition) is 6. The number of nitrogens with zero attached hydrogens (tertiary/aromatic N) is 7. The second-order valence-corrected chi connectivity index (χ2v) is 7.02. The van der Waals surface area contributed by atoms with Gasteiger partial charge >= 0.3 is 0 Å². The number of halogens is 1. The molecular formula is C20H12ClN7S. The molecule has 0 saturated carbocycles. The molecule has 2 aromatic heterocycles. The molecule has 140 valence electrons. The van der Waals surface area contributed by atoms with Gasteiger partial charge in [0.1, 0.15) is 11.0 Å². The van der Waals surface area contributed by atoms with Gasteiger partial charge in [-0.3, -0.25) is 0 Å². The maximum Gasteiger partial charge on any atom is 0.193 e. The van der Waals surface area contributed by atoms with Crippen LogP contribution in [0.5, 0.6) is 0 Å². The van der Waals surface area contributed by atoms with Crippen molar-refractivity contribution in [1.29, 1.82) is 0 Å². The molecule has 29 heavy (non-hydrogen) atoms. The second-order valence-electron chi connectivity index (χ2n) is 6.20. The Hall–Kier alpha value is -3.49. The predicted molar refractivity (Wildman–Crippen MR) is 117 cm³/mol. The molecule has 0 aliphatic carbocycles. The highest BCUT2D eigenvalue weighted by Gasteiger charge is 2.19. The first kappa shape index (κ1) is 17.6. The summed E-state index contributed by atoms with van der Waals surface area (Å²) in [5.41, 5.74) is 3.72. The van der Waals surface area contributed by atoms with Gasteiger partial charge in [-0.25, -0.2) is 4.99 Å². The molecule has 7 nitrogen and oxygen atoms in total. The van der Waals surface area contributed by atoms with Crippen LogP contribution in [0.15, 0.2) is 77.8 Å². The van der Waals surface area contributed by atoms with Crippen LogP contribution >= 0.6 is 23.8 Å². The maximum absolute atomic E-state index is 6.01. The average Bonchev–Trinajstić information content (AvgIpc) is 3.37. The van der Waals surface area contributed by atoms with Crippen LogP contribution in [0.4, 0.5) is 5.69 Å². The van der Waals surface area contributed by atoms with Gasteiger partial charge in [-0.1, -0.05) is 58.5 Å². The van der Waals surface area contributed by atoms with E-state index in [0.29, 0.717) is 21.5 Å². The van der Waals surface area contributed by atoms with Crippen LogP contribution in [-0.2, 0) is 0 Å². The largest absolute Gasteiger partial charge is 0.226 e. The fourth-order valence-corrected chi connectivity index (χ4v) is 3.36. The number of rotatable bonds is 1. The van der Waals surface area contributed by atoms with Crippen molar-refractivity contribution in [3.05, 3.63) is 77.8 Å². The molecule has 0 radical (unpaired) electrons. The van der Waals surface area contributed by atoms with Gasteiger partial charge in [0, 0.05) is 5.02 Å². The summed E-state index contributed by atoms with van der Waals surface area (Å²) in [6, 6.07) is 22.4. The van der Waals surface area contributed by atoms with Crippen LogP contribution in [0.3, 0.4) is 0 Å². The second kappa shape index (κ2) is 7.16. The lowest BCUT2D eigenvalue weighted by atomic mass is 10.3. The molecule has 0 aliphatic rings. The summed E-state index contributed by atoms with van der Waals surface area (Å²) in [5.74, 6) is 0.409. The van der Waals surface area contributed by atoms with Crippen LogP contribution in [0.25, 0.3) is 22.1 Å². The van der Waals surface area contributed by atoms with Crippen molar-refractivity contribution >= 4 is 62.4 Å². The highest BCUT2D eigenvalue weighted by Crippen LogP contribution is 2.19. The molecule has 9 heteroatoms. The summed E-state index contributed by atoms with van der Waals surface area (Å²) in [6.07, 6.45) is 0. The lowest BCUT2D eigenvalue weighted by molar-refractivity contribution is 0.848. The van der Waals surface area contributed by atoms with Gasteiger partial charge < -0.3 is 0 Å². The molecule has 0 bridgehead atoms. The van der Waals surface area contributed by atoms with Gasteiger partial charge in [0.15, 0.2) is 10.8 Å². The van der Waals surface area contributed by atoms with Crippen molar-refractivity contribution in [2.75, 3.05) is 0 Å². The smallest absolute Gasteiger partial charge is 0.193 e. The predicted octanol–water partition coefficient (Wildman–Crippen LogP) is 4.28. The Bertz CT molecular complexity index is 1390. The SMILES string of the molecule is S=C(C(=Nc1ccc(Cl)cc1)n1nnc2ccccc21)n1nnc2ccccc21. The van der Waals surface area contributed by atoms with Crippen LogP contribution < -0.4 is 0 Å². The Morgan fingerprint density at radius 1 is 0.759 bits per heavy atom. The van der Waals surface area contributed by atoms with Gasteiger partial charge in [-0.05, 0) is 48.5 Å². The quantitative estimate of drug-likeness (QED) is 0.231. The molecule has 0 spiro atoms. The third-order valence-corrected chi connectivity index (χ3v) is 4.96. The molecule has 2 heterocycles. The van der Waals surface area contributed by atoms with E-state index >= 15 is 0 Å². The molecule has 0 N–H and O–H groups in total. The first-order valence-corrected chi connectivity index (χ1v) is 9.49. The standard InChI is InChI=1S/C20H12ClN7S/c21-13-9-11-14(12-10-13)22-19(27-17-7-3-1-5-15(17)23-25-27)20(29)28-18-8-4-2-6-16(18)24-26-28/h1-12H. The van der Waals surface area contributed by atoms with Crippen molar-refractivity contribution < 1.29 is 0 Å². The molecule has 0 atom stereocenters. The van der Waals surface area contributed by atoms with E-state index in [1.165, 1.54) is 0 Å². The third-order valence-electron chi connectivity index (χ3n) is 4.35. The van der Waals surface area contributed by atoms with E-state index in [2.05, 4.69) is 20.6 Å². The Morgan fingerprint density at radius 3 is 1.97 bits per heavy atom. The first-order valence-electron chi connectivity index (χ1n) is 8.71. The number of para-hydroxylation sites is 2. The zero-order valence-corrected chi connectivity index (χ0v) is 16.4. The Morgan fingerprint density at radius 2 is 1.31 bits per heavy atom. The summed E-state index contributed by atoms with van der Waals surface area (Å²) in [6.45, 7) is 0. The number of benzene rings is 3. The molecule has 5 rings (SSSR count). The molecule has 0 amide bonds. The topological polar surface area (TPSA) is 73.8 Å². The third kappa shape index (κ3) is 3.18. The van der Waals surface area contributed by atoms with Crippen molar-refractivity contribution in [3.8, 4) is 0 Å². The van der Waals surface area contributed by atoms with Crippen LogP contribution in [-0.4, -0.2) is 40.8 Å². The molecule has 3 aromatic carbocycles. The highest BCUT2D eigenvalue weighted by molar-refractivity contribution is 7.82. The van der Waals surface area contributed by atoms with Gasteiger partial charge in [-0.2, -0.15) is 9.36 Å². The summed E-state index contributed by atoms with van der Waals surface area (Å²) < 4.78 is 3.19. The summed E-state index contributed by atoms with van der Waals surface area (Å²) >= 11 is 11.8. The number of thiocarbonyl (C=S) groups is 1. The fraction of sp³-hybridized carbons (Fsp3) is 0. The number of aromatic nitrogens is 6. The van der Waals surface area contributed by atoms with Gasteiger partial charge in [0.05, 0.1) is 16.7 Å². The van der Waals surface area contributed by atoms with E-state index in [-0.39, 0.29) is 0 Å². The van der Waals surface area contributed by atoms with Gasteiger partial charge in [0.25, 0.3) is 0 Å². The van der Waals surface area contributed by atoms with Crippen molar-refractivity contribution in [2.24, 2.45) is 4.99 Å². The molecule has 0 fully saturated rings. The average molecular weight is 418 g/mol. The molecule has 5 aromatic rings. The zero-order valence-electron chi connectivity index (χ0n) is 14.8. The summed E-state index contributed by atoms with van der Waals surface area (Å²) in [5, 5.41) is 17.6. The minimum Gasteiger partial charge on any atom is -0.226 e. The van der Waals surface area contributed by atoms with Gasteiger partial charge in [-0.15, -0.1) is 10.2 Å². The highest BCUT2D eigenvalue weighted by atomic mass is 35.5. The Kier molecular flexibility index (Phi) is 4.34. The van der Waals surface area contributed by atoms with Crippen LogP contribution in [0.1, 0.15) is 0 Å². The molecule has 0 saturated heterocycles. The van der Waals surface area contributed by atoms with Crippen LogP contribution in [0, 0.1) is 0 Å². The monoisotopic (exact) mass is 417 g/mol. The van der Waals surface area contributed by atoms with E-state index < -0.39 is 0 Å². The molecule has 0 unspecified atom stereocenters. The fourth-order valence-electron chi connectivity index (χ4n) is 2.96. The van der Waals surface area contributed by atoms with Crippen LogP contribution in [0.2, 0.25) is 5.02 Å². The van der Waals surface area contributed by atoms with E-state index in [4.69, 9.17) is 28.8 Å². The summed E-state index contributed by atoms with van der Waals surface area (Å²) in [4.78, 5) is 5.09. The van der Waals surface area contributed by atoms with E-state index in [1.807, 2.05) is 60.7 Å². The molecular weight excluding hydrogens is 406 g/mol. The van der Waals surface area contributed by atoms with Crippen molar-refractivity contribution in [3.63, 3.8) is 0 Å². The lowest BCUT2D eigenvalue weighted by Crippen LogP contribution is -2.29. The lowest BCUT2D eigenvalue weighted by Gasteiger charge is -2.09. The zero-order chi connectivity index (χ0) is 19.8. The Labute approximate surface area is 175 Å². The van der Waals surface area contributed by atoms with E-state index in [0.717, 1.165) is 22.1 Å². The maximum atomic E-state index is 6.01. The Balaban J connectivity index is 1.71. The van der Waals surface area contributed by atoms with Gasteiger partial charge in [0.2, 0.25) is 0 Å². The first-order chi connectivity index (χ1) is 14.2. The molecule has 0 aliphatic heterocycles. The minimum absolute atomic E-state index is 0.351. The van der Waals surface area contributed by atoms with Crippen molar-refractivity contribution in [2.45, 2.75) is 0 Å². The number of hydrogen-bond donors (Lipinski definition) is 0. The normalized spacial score (nSPS) is 12.0. The number of aliphatic imine (C=N–C) groups is 1. The van der Waals surface area contributed by atoms with E-state index in [9.17, 15) is 0 Å². The summed E-state index contributed by atoms with van der Waals surface area (Å²) in [7, 11) is 0. The van der Waals surface area contributed by atoms with E-state index in [1.54, 1.807) is 21.5 Å². The van der Waals surface area contributed by atoms with Crippen molar-refractivity contribution in [1.82, 2.24) is 30.0 Å². The number of fused-ring (bicyclic) bond motifs is 2.